The first-order valence-electron chi connectivity index (χ1n) is 2.97. The Kier molecular flexibility index (Phi) is 1.72. The summed E-state index contributed by atoms with van der Waals surface area (Å²) in [5.74, 6) is 0.706. The van der Waals surface area contributed by atoms with Crippen molar-refractivity contribution in [2.45, 2.75) is 13.8 Å². The highest BCUT2D eigenvalue weighted by atomic mass is 16.5. The number of hydrogen-bond acceptors (Lipinski definition) is 2. The maximum absolute atomic E-state index is 5.13. The third-order valence-electron chi connectivity index (χ3n) is 1.06. The van der Waals surface area contributed by atoms with Gasteiger partial charge in [0.25, 0.3) is 0 Å². The molecule has 0 bridgehead atoms. The van der Waals surface area contributed by atoms with E-state index in [2.05, 4.69) is 9.97 Å². The summed E-state index contributed by atoms with van der Waals surface area (Å²) in [4.78, 5) is 6.85. The highest BCUT2D eigenvalue weighted by molar-refractivity contribution is 5.14. The van der Waals surface area contributed by atoms with Crippen LogP contribution in [0.3, 0.4) is 0 Å². The van der Waals surface area contributed by atoms with Gasteiger partial charge in [0.2, 0.25) is 5.88 Å². The molecule has 1 N–H and O–H groups in total. The van der Waals surface area contributed by atoms with Crippen LogP contribution in [0.15, 0.2) is 6.33 Å². The molecular formula is C6H10N2O. The molecule has 0 saturated heterocycles. The summed E-state index contributed by atoms with van der Waals surface area (Å²) in [5.41, 5.74) is 0.983. The van der Waals surface area contributed by atoms with E-state index in [1.54, 1.807) is 6.33 Å². The van der Waals surface area contributed by atoms with Crippen molar-refractivity contribution in [2.75, 3.05) is 6.61 Å². The first-order chi connectivity index (χ1) is 4.34. The number of nitrogens with zero attached hydrogens (tertiary/aromatic N) is 1. The molecule has 0 atom stereocenters. The smallest absolute Gasteiger partial charge is 0.234 e. The molecule has 9 heavy (non-hydrogen) atoms. The number of imidazole rings is 1. The summed E-state index contributed by atoms with van der Waals surface area (Å²) in [6, 6.07) is 0. The molecule has 1 heterocycles. The van der Waals surface area contributed by atoms with Gasteiger partial charge in [-0.3, -0.25) is 0 Å². The van der Waals surface area contributed by atoms with Crippen molar-refractivity contribution in [3.63, 3.8) is 0 Å². The standard InChI is InChI=1S/C6H10N2O/c1-3-9-6-5(2)7-4-8-6/h4H,3H2,1-2H3,(H,7,8). The molecule has 0 aliphatic carbocycles. The monoisotopic (exact) mass is 126 g/mol. The first kappa shape index (κ1) is 6.13. The second-order valence-corrected chi connectivity index (χ2v) is 1.77. The van der Waals surface area contributed by atoms with Gasteiger partial charge in [0, 0.05) is 0 Å². The largest absolute Gasteiger partial charge is 0.477 e. The van der Waals surface area contributed by atoms with E-state index in [1.165, 1.54) is 0 Å². The van der Waals surface area contributed by atoms with Gasteiger partial charge in [-0.15, -0.1) is 0 Å². The lowest BCUT2D eigenvalue weighted by molar-refractivity contribution is 0.326. The van der Waals surface area contributed by atoms with Gasteiger partial charge in [-0.05, 0) is 13.8 Å². The Hall–Kier alpha value is -0.990. The Morgan fingerprint density at radius 3 is 3.00 bits per heavy atom. The average Bonchev–Trinajstić information content (AvgIpc) is 2.18. The number of ether oxygens (including phenoxy) is 1. The predicted octanol–water partition coefficient (Wildman–Crippen LogP) is 1.12. The van der Waals surface area contributed by atoms with Crippen molar-refractivity contribution < 1.29 is 4.74 Å². The summed E-state index contributed by atoms with van der Waals surface area (Å²) >= 11 is 0. The maximum Gasteiger partial charge on any atom is 0.234 e. The molecule has 0 unspecified atom stereocenters. The molecule has 0 radical (unpaired) electrons. The summed E-state index contributed by atoms with van der Waals surface area (Å²) in [7, 11) is 0. The van der Waals surface area contributed by atoms with E-state index < -0.39 is 0 Å². The van der Waals surface area contributed by atoms with Gasteiger partial charge in [0.05, 0.1) is 18.6 Å². The van der Waals surface area contributed by atoms with Crippen LogP contribution in [0.4, 0.5) is 0 Å². The lowest BCUT2D eigenvalue weighted by Crippen LogP contribution is -1.92. The van der Waals surface area contributed by atoms with Crippen molar-refractivity contribution in [3.05, 3.63) is 12.0 Å². The number of rotatable bonds is 2. The van der Waals surface area contributed by atoms with Crippen molar-refractivity contribution in [1.82, 2.24) is 9.97 Å². The third-order valence-corrected chi connectivity index (χ3v) is 1.06. The Labute approximate surface area is 54.1 Å². The van der Waals surface area contributed by atoms with E-state index >= 15 is 0 Å². The van der Waals surface area contributed by atoms with Gasteiger partial charge in [0.15, 0.2) is 0 Å². The van der Waals surface area contributed by atoms with Crippen LogP contribution >= 0.6 is 0 Å². The molecule has 0 aliphatic rings. The second kappa shape index (κ2) is 2.53. The molecular weight excluding hydrogens is 116 g/mol. The number of H-pyrrole nitrogens is 1. The fraction of sp³-hybridized carbons (Fsp3) is 0.500. The fourth-order valence-electron chi connectivity index (χ4n) is 0.629. The number of aromatic nitrogens is 2. The van der Waals surface area contributed by atoms with Crippen LogP contribution in [0, 0.1) is 6.92 Å². The molecule has 1 rings (SSSR count). The summed E-state index contributed by atoms with van der Waals surface area (Å²) in [6.07, 6.45) is 1.63. The normalized spacial score (nSPS) is 9.56. The summed E-state index contributed by atoms with van der Waals surface area (Å²) in [5, 5.41) is 0. The average molecular weight is 126 g/mol. The third kappa shape index (κ3) is 1.22. The molecule has 3 heteroatoms. The zero-order chi connectivity index (χ0) is 6.69. The van der Waals surface area contributed by atoms with E-state index in [0.29, 0.717) is 12.5 Å². The van der Waals surface area contributed by atoms with Gasteiger partial charge >= 0.3 is 0 Å². The van der Waals surface area contributed by atoms with Crippen LogP contribution in [0.2, 0.25) is 0 Å². The molecule has 0 aromatic carbocycles. The van der Waals surface area contributed by atoms with Crippen LogP contribution in [0.5, 0.6) is 5.88 Å². The van der Waals surface area contributed by atoms with Gasteiger partial charge < -0.3 is 9.72 Å². The molecule has 0 saturated carbocycles. The molecule has 1 aromatic rings. The Balaban J connectivity index is 2.69. The van der Waals surface area contributed by atoms with Crippen LogP contribution < -0.4 is 4.74 Å². The summed E-state index contributed by atoms with van der Waals surface area (Å²) < 4.78 is 5.13. The van der Waals surface area contributed by atoms with Crippen molar-refractivity contribution in [1.29, 1.82) is 0 Å². The highest BCUT2D eigenvalue weighted by Crippen LogP contribution is 2.08. The van der Waals surface area contributed by atoms with E-state index in [1.807, 2.05) is 13.8 Å². The van der Waals surface area contributed by atoms with Crippen LogP contribution in [-0.2, 0) is 0 Å². The minimum atomic E-state index is 0.672. The van der Waals surface area contributed by atoms with E-state index in [-0.39, 0.29) is 0 Å². The quantitative estimate of drug-likeness (QED) is 0.644. The number of aryl methyl sites for hydroxylation is 1. The van der Waals surface area contributed by atoms with Gasteiger partial charge in [0.1, 0.15) is 0 Å². The predicted molar refractivity (Wildman–Crippen MR) is 34.5 cm³/mol. The minimum absolute atomic E-state index is 0.672. The Morgan fingerprint density at radius 2 is 2.56 bits per heavy atom. The first-order valence-corrected chi connectivity index (χ1v) is 2.97. The van der Waals surface area contributed by atoms with Gasteiger partial charge in [-0.1, -0.05) is 0 Å². The lowest BCUT2D eigenvalue weighted by atomic mass is 10.5. The van der Waals surface area contributed by atoms with Crippen molar-refractivity contribution in [3.8, 4) is 5.88 Å². The summed E-state index contributed by atoms with van der Waals surface area (Å²) in [6.45, 7) is 4.54. The van der Waals surface area contributed by atoms with Crippen LogP contribution in [-0.4, -0.2) is 16.6 Å². The maximum atomic E-state index is 5.13. The Morgan fingerprint density at radius 1 is 1.78 bits per heavy atom. The number of aromatic amines is 1. The highest BCUT2D eigenvalue weighted by Gasteiger charge is 1.97. The van der Waals surface area contributed by atoms with Crippen LogP contribution in [0.1, 0.15) is 12.6 Å². The van der Waals surface area contributed by atoms with E-state index in [9.17, 15) is 0 Å². The van der Waals surface area contributed by atoms with Gasteiger partial charge in [-0.2, -0.15) is 0 Å². The molecule has 0 amide bonds. The number of hydrogen-bond donors (Lipinski definition) is 1. The topological polar surface area (TPSA) is 37.9 Å². The minimum Gasteiger partial charge on any atom is -0.477 e. The van der Waals surface area contributed by atoms with Crippen LogP contribution in [0.25, 0.3) is 0 Å². The second-order valence-electron chi connectivity index (χ2n) is 1.77. The zero-order valence-corrected chi connectivity index (χ0v) is 5.64. The molecule has 50 valence electrons. The van der Waals surface area contributed by atoms with Crippen molar-refractivity contribution >= 4 is 0 Å². The lowest BCUT2D eigenvalue weighted by Gasteiger charge is -1.96. The van der Waals surface area contributed by atoms with E-state index in [4.69, 9.17) is 4.74 Å². The molecule has 0 fully saturated rings. The molecule has 0 spiro atoms. The zero-order valence-electron chi connectivity index (χ0n) is 5.64. The van der Waals surface area contributed by atoms with Crippen molar-refractivity contribution in [2.24, 2.45) is 0 Å². The van der Waals surface area contributed by atoms with Gasteiger partial charge in [-0.25, -0.2) is 4.98 Å². The molecule has 1 aromatic heterocycles. The Bertz CT molecular complexity index is 183. The van der Waals surface area contributed by atoms with E-state index in [0.717, 1.165) is 5.69 Å². The fourth-order valence-corrected chi connectivity index (χ4v) is 0.629. The SMILES string of the molecule is CCOc1nc[nH]c1C. The number of nitrogens with one attached hydrogen (secondary N) is 1. The molecule has 3 nitrogen and oxygen atoms in total. The molecule has 0 aliphatic heterocycles.